The molecule has 102 valence electrons. The van der Waals surface area contributed by atoms with Gasteiger partial charge in [-0.05, 0) is 25.8 Å². The molecule has 0 saturated carbocycles. The average Bonchev–Trinajstić information content (AvgIpc) is 2.34. The Kier molecular flexibility index (Phi) is 6.54. The van der Waals surface area contributed by atoms with Crippen LogP contribution in [0.1, 0.15) is 26.7 Å². The zero-order valence-electron chi connectivity index (χ0n) is 10.6. The van der Waals surface area contributed by atoms with Crippen LogP contribution >= 0.6 is 23.2 Å². The van der Waals surface area contributed by atoms with Crippen LogP contribution in [0.3, 0.4) is 0 Å². The van der Waals surface area contributed by atoms with Gasteiger partial charge in [0.05, 0.1) is 16.1 Å². The van der Waals surface area contributed by atoms with E-state index in [1.807, 2.05) is 13.8 Å². The lowest BCUT2D eigenvalue weighted by Crippen LogP contribution is -2.13. The fraction of sp³-hybridized carbons (Fsp3) is 0.583. The first-order chi connectivity index (χ1) is 8.58. The molecule has 1 aromatic heterocycles. The molecule has 0 aliphatic carbocycles. The summed E-state index contributed by atoms with van der Waals surface area (Å²) in [4.78, 5) is 4.32. The first-order valence-corrected chi connectivity index (χ1v) is 6.85. The smallest absolute Gasteiger partial charge is 0.147 e. The van der Waals surface area contributed by atoms with E-state index in [1.165, 1.54) is 0 Å². The molecule has 6 heteroatoms. The molecule has 0 amide bonds. The van der Waals surface area contributed by atoms with Gasteiger partial charge in [0.25, 0.3) is 0 Å². The maximum absolute atomic E-state index is 9.46. The van der Waals surface area contributed by atoms with Crippen LogP contribution in [0.15, 0.2) is 6.07 Å². The van der Waals surface area contributed by atoms with Crippen LogP contribution in [0.2, 0.25) is 10.0 Å². The second-order valence-corrected chi connectivity index (χ2v) is 4.77. The summed E-state index contributed by atoms with van der Waals surface area (Å²) in [5.74, 6) is 1.20. The summed E-state index contributed by atoms with van der Waals surface area (Å²) < 4.78 is 0. The second-order valence-electron chi connectivity index (χ2n) is 3.96. The number of pyridine rings is 1. The minimum atomic E-state index is -0.295. The van der Waals surface area contributed by atoms with Crippen molar-refractivity contribution in [3.8, 4) is 0 Å². The van der Waals surface area contributed by atoms with Crippen LogP contribution < -0.4 is 10.6 Å². The van der Waals surface area contributed by atoms with Crippen molar-refractivity contribution >= 4 is 34.8 Å². The molecule has 0 aliphatic heterocycles. The third-order valence-electron chi connectivity index (χ3n) is 2.51. The van der Waals surface area contributed by atoms with Gasteiger partial charge < -0.3 is 15.7 Å². The molecule has 1 unspecified atom stereocenters. The summed E-state index contributed by atoms with van der Waals surface area (Å²) in [6, 6.07) is 1.66. The van der Waals surface area contributed by atoms with E-state index >= 15 is 0 Å². The molecule has 0 radical (unpaired) electrons. The summed E-state index contributed by atoms with van der Waals surface area (Å²) in [5, 5.41) is 16.6. The number of aromatic nitrogens is 1. The number of rotatable bonds is 7. The molecule has 0 fully saturated rings. The van der Waals surface area contributed by atoms with E-state index in [9.17, 15) is 5.11 Å². The van der Waals surface area contributed by atoms with Crippen LogP contribution in [-0.4, -0.2) is 29.3 Å². The number of anilines is 2. The van der Waals surface area contributed by atoms with Crippen molar-refractivity contribution in [3.05, 3.63) is 16.1 Å². The Morgan fingerprint density at radius 1 is 1.22 bits per heavy atom. The largest absolute Gasteiger partial charge is 0.393 e. The molecule has 18 heavy (non-hydrogen) atoms. The standard InChI is InChI=1S/C12H19Cl2N3O/c1-3-8(18)5-6-16-12-10(14)7-9(13)11(17-12)15-4-2/h7-8,18H,3-6H2,1-2H3,(H2,15,16,17). The predicted octanol–water partition coefficient (Wildman–Crippen LogP) is 3.39. The van der Waals surface area contributed by atoms with Crippen molar-refractivity contribution in [1.29, 1.82) is 0 Å². The maximum Gasteiger partial charge on any atom is 0.147 e. The molecule has 1 rings (SSSR count). The molecule has 3 N–H and O–H groups in total. The van der Waals surface area contributed by atoms with E-state index in [0.717, 1.165) is 13.0 Å². The number of nitrogens with zero attached hydrogens (tertiary/aromatic N) is 1. The number of aliphatic hydroxyl groups is 1. The van der Waals surface area contributed by atoms with E-state index in [-0.39, 0.29) is 6.10 Å². The Balaban J connectivity index is 2.67. The van der Waals surface area contributed by atoms with Gasteiger partial charge in [0.1, 0.15) is 11.6 Å². The highest BCUT2D eigenvalue weighted by atomic mass is 35.5. The fourth-order valence-electron chi connectivity index (χ4n) is 1.44. The molecule has 1 atom stereocenters. The van der Waals surface area contributed by atoms with Crippen molar-refractivity contribution in [3.63, 3.8) is 0 Å². The molecular formula is C12H19Cl2N3O. The Morgan fingerprint density at radius 2 is 1.83 bits per heavy atom. The molecule has 4 nitrogen and oxygen atoms in total. The van der Waals surface area contributed by atoms with Crippen molar-refractivity contribution in [2.45, 2.75) is 32.8 Å². The SMILES string of the molecule is CCNc1nc(NCCC(O)CC)c(Cl)cc1Cl. The maximum atomic E-state index is 9.46. The van der Waals surface area contributed by atoms with Gasteiger partial charge in [-0.1, -0.05) is 30.1 Å². The van der Waals surface area contributed by atoms with Crippen molar-refractivity contribution in [2.24, 2.45) is 0 Å². The van der Waals surface area contributed by atoms with Crippen molar-refractivity contribution < 1.29 is 5.11 Å². The first kappa shape index (κ1) is 15.3. The van der Waals surface area contributed by atoms with Crippen LogP contribution in [0, 0.1) is 0 Å². The quantitative estimate of drug-likeness (QED) is 0.721. The monoisotopic (exact) mass is 291 g/mol. The van der Waals surface area contributed by atoms with Gasteiger partial charge in [-0.15, -0.1) is 0 Å². The molecular weight excluding hydrogens is 273 g/mol. The Bertz CT molecular complexity index is 388. The summed E-state index contributed by atoms with van der Waals surface area (Å²) in [6.07, 6.45) is 1.11. The molecule has 0 saturated heterocycles. The molecule has 1 aromatic rings. The van der Waals surface area contributed by atoms with E-state index in [4.69, 9.17) is 23.2 Å². The molecule has 1 heterocycles. The molecule has 0 aliphatic rings. The van der Waals surface area contributed by atoms with Gasteiger partial charge in [0.15, 0.2) is 0 Å². The third kappa shape index (κ3) is 4.52. The normalized spacial score (nSPS) is 12.3. The van der Waals surface area contributed by atoms with Gasteiger partial charge in [-0.25, -0.2) is 4.98 Å². The summed E-state index contributed by atoms with van der Waals surface area (Å²) >= 11 is 12.1. The van der Waals surface area contributed by atoms with Crippen molar-refractivity contribution in [1.82, 2.24) is 4.98 Å². The lowest BCUT2D eigenvalue weighted by atomic mass is 10.2. The number of nitrogens with one attached hydrogen (secondary N) is 2. The summed E-state index contributed by atoms with van der Waals surface area (Å²) in [6.45, 7) is 5.27. The summed E-state index contributed by atoms with van der Waals surface area (Å²) in [7, 11) is 0. The Labute approximate surface area is 118 Å². The average molecular weight is 292 g/mol. The topological polar surface area (TPSA) is 57.2 Å². The second kappa shape index (κ2) is 7.67. The van der Waals surface area contributed by atoms with Gasteiger partial charge in [-0.2, -0.15) is 0 Å². The zero-order valence-corrected chi connectivity index (χ0v) is 12.1. The van der Waals surface area contributed by atoms with Gasteiger partial charge in [0, 0.05) is 13.1 Å². The number of halogens is 2. The third-order valence-corrected chi connectivity index (χ3v) is 3.09. The Morgan fingerprint density at radius 3 is 2.39 bits per heavy atom. The van der Waals surface area contributed by atoms with E-state index in [1.54, 1.807) is 6.07 Å². The minimum absolute atomic E-state index is 0.295. The van der Waals surface area contributed by atoms with Crippen LogP contribution in [0.4, 0.5) is 11.6 Å². The molecule has 0 bridgehead atoms. The Hall–Kier alpha value is -0.710. The van der Waals surface area contributed by atoms with E-state index in [0.29, 0.717) is 34.6 Å². The lowest BCUT2D eigenvalue weighted by Gasteiger charge is -2.13. The van der Waals surface area contributed by atoms with E-state index in [2.05, 4.69) is 15.6 Å². The van der Waals surface area contributed by atoms with Crippen LogP contribution in [-0.2, 0) is 0 Å². The lowest BCUT2D eigenvalue weighted by molar-refractivity contribution is 0.164. The highest BCUT2D eigenvalue weighted by molar-refractivity contribution is 6.37. The van der Waals surface area contributed by atoms with Crippen molar-refractivity contribution in [2.75, 3.05) is 23.7 Å². The zero-order chi connectivity index (χ0) is 13.5. The van der Waals surface area contributed by atoms with Gasteiger partial charge in [-0.3, -0.25) is 0 Å². The summed E-state index contributed by atoms with van der Waals surface area (Å²) in [5.41, 5.74) is 0. The number of hydrogen-bond donors (Lipinski definition) is 3. The van der Waals surface area contributed by atoms with Crippen LogP contribution in [0.25, 0.3) is 0 Å². The molecule has 0 aromatic carbocycles. The minimum Gasteiger partial charge on any atom is -0.393 e. The molecule has 0 spiro atoms. The van der Waals surface area contributed by atoms with E-state index < -0.39 is 0 Å². The number of hydrogen-bond acceptors (Lipinski definition) is 4. The highest BCUT2D eigenvalue weighted by Crippen LogP contribution is 2.29. The fourth-order valence-corrected chi connectivity index (χ4v) is 1.94. The van der Waals surface area contributed by atoms with Gasteiger partial charge in [0.2, 0.25) is 0 Å². The predicted molar refractivity (Wildman–Crippen MR) is 77.8 cm³/mol. The van der Waals surface area contributed by atoms with Gasteiger partial charge >= 0.3 is 0 Å². The highest BCUT2D eigenvalue weighted by Gasteiger charge is 2.09. The first-order valence-electron chi connectivity index (χ1n) is 6.10. The van der Waals surface area contributed by atoms with Crippen LogP contribution in [0.5, 0.6) is 0 Å². The number of aliphatic hydroxyl groups excluding tert-OH is 1.